The van der Waals surface area contributed by atoms with Crippen molar-refractivity contribution in [3.05, 3.63) is 0 Å². The van der Waals surface area contributed by atoms with Gasteiger partial charge in [-0.1, -0.05) is 0 Å². The number of carboxylic acid groups (broad SMARTS) is 1. The Morgan fingerprint density at radius 1 is 1.27 bits per heavy atom. The average molecular weight is 155 g/mol. The van der Waals surface area contributed by atoms with Crippen molar-refractivity contribution < 1.29 is 9.90 Å². The van der Waals surface area contributed by atoms with Crippen LogP contribution in [0.1, 0.15) is 12.8 Å². The number of hydrogen-bond acceptors (Lipinski definition) is 2. The highest BCUT2D eigenvalue weighted by molar-refractivity contribution is 5.74. The number of nitrogens with one attached hydrogen (secondary N) is 1. The molecule has 2 rings (SSSR count). The van der Waals surface area contributed by atoms with Crippen LogP contribution in [0.15, 0.2) is 0 Å². The highest BCUT2D eigenvalue weighted by Crippen LogP contribution is 2.51. The summed E-state index contributed by atoms with van der Waals surface area (Å²) in [6.07, 6.45) is 2.11. The van der Waals surface area contributed by atoms with Crippen LogP contribution in [0.2, 0.25) is 0 Å². The molecular formula is C8H13NO2. The molecule has 2 atom stereocenters. The molecule has 2 aliphatic rings. The monoisotopic (exact) mass is 155 g/mol. The van der Waals surface area contributed by atoms with Gasteiger partial charge in [0.15, 0.2) is 0 Å². The van der Waals surface area contributed by atoms with Gasteiger partial charge in [-0.25, -0.2) is 0 Å². The van der Waals surface area contributed by atoms with E-state index in [1.165, 1.54) is 0 Å². The molecule has 62 valence electrons. The topological polar surface area (TPSA) is 49.3 Å². The largest absolute Gasteiger partial charge is 0.481 e. The zero-order chi connectivity index (χ0) is 7.84. The molecule has 0 spiro atoms. The van der Waals surface area contributed by atoms with Crippen LogP contribution < -0.4 is 5.32 Å². The lowest BCUT2D eigenvalue weighted by Crippen LogP contribution is -2.17. The summed E-state index contributed by atoms with van der Waals surface area (Å²) in [5.74, 6) is 0.393. The third-order valence-electron chi connectivity index (χ3n) is 2.93. The summed E-state index contributed by atoms with van der Waals surface area (Å²) in [6, 6.07) is 0. The van der Waals surface area contributed by atoms with Gasteiger partial charge in [-0.2, -0.15) is 0 Å². The predicted molar refractivity (Wildman–Crippen MR) is 40.2 cm³/mol. The van der Waals surface area contributed by atoms with Crippen molar-refractivity contribution >= 4 is 5.97 Å². The Morgan fingerprint density at radius 2 is 1.82 bits per heavy atom. The third-order valence-corrected chi connectivity index (χ3v) is 2.93. The van der Waals surface area contributed by atoms with Gasteiger partial charge in [0.25, 0.3) is 0 Å². The van der Waals surface area contributed by atoms with Gasteiger partial charge in [-0.15, -0.1) is 0 Å². The van der Waals surface area contributed by atoms with Gasteiger partial charge in [0.05, 0.1) is 5.92 Å². The quantitative estimate of drug-likeness (QED) is 0.573. The minimum absolute atomic E-state index is 0.00269. The van der Waals surface area contributed by atoms with Gasteiger partial charge in [0.2, 0.25) is 0 Å². The van der Waals surface area contributed by atoms with E-state index in [-0.39, 0.29) is 5.92 Å². The first-order valence-corrected chi connectivity index (χ1v) is 4.24. The molecule has 2 N–H and O–H groups in total. The lowest BCUT2D eigenvalue weighted by Gasteiger charge is -1.99. The molecule has 0 bridgehead atoms. The number of fused-ring (bicyclic) bond motifs is 1. The molecule has 1 saturated heterocycles. The lowest BCUT2D eigenvalue weighted by atomic mass is 10.2. The van der Waals surface area contributed by atoms with Gasteiger partial charge in [-0.3, -0.25) is 4.79 Å². The summed E-state index contributed by atoms with van der Waals surface area (Å²) in [4.78, 5) is 10.6. The normalized spacial score (nSPS) is 42.4. The fraction of sp³-hybridized carbons (Fsp3) is 0.875. The van der Waals surface area contributed by atoms with Gasteiger partial charge in [-0.05, 0) is 37.8 Å². The number of hydrogen-bond donors (Lipinski definition) is 2. The first kappa shape index (κ1) is 7.10. The van der Waals surface area contributed by atoms with E-state index >= 15 is 0 Å². The van der Waals surface area contributed by atoms with E-state index in [2.05, 4.69) is 5.32 Å². The molecule has 0 aromatic carbocycles. The van der Waals surface area contributed by atoms with Crippen molar-refractivity contribution in [1.29, 1.82) is 0 Å². The highest BCUT2D eigenvalue weighted by Gasteiger charge is 2.54. The standard InChI is InChI=1S/C8H13NO2/c10-8(11)7-5-1-3-9-4-2-6(5)7/h5-7,9H,1-4H2,(H,10,11). The predicted octanol–water partition coefficient (Wildman–Crippen LogP) is 0.317. The van der Waals surface area contributed by atoms with Gasteiger partial charge < -0.3 is 10.4 Å². The summed E-state index contributed by atoms with van der Waals surface area (Å²) in [6.45, 7) is 2.01. The Kier molecular flexibility index (Phi) is 1.60. The Balaban J connectivity index is 1.96. The summed E-state index contributed by atoms with van der Waals surface area (Å²) in [7, 11) is 0. The molecule has 1 saturated carbocycles. The SMILES string of the molecule is O=C(O)C1C2CCNCCC21. The number of carboxylic acids is 1. The molecule has 3 heteroatoms. The van der Waals surface area contributed by atoms with Crippen LogP contribution in [0.3, 0.4) is 0 Å². The van der Waals surface area contributed by atoms with Crippen molar-refractivity contribution in [2.45, 2.75) is 12.8 Å². The lowest BCUT2D eigenvalue weighted by molar-refractivity contribution is -0.139. The van der Waals surface area contributed by atoms with Crippen molar-refractivity contribution in [2.75, 3.05) is 13.1 Å². The molecule has 2 fully saturated rings. The van der Waals surface area contributed by atoms with Gasteiger partial charge in [0.1, 0.15) is 0 Å². The fourth-order valence-electron chi connectivity index (χ4n) is 2.26. The molecular weight excluding hydrogens is 142 g/mol. The maximum absolute atomic E-state index is 10.6. The minimum atomic E-state index is -0.582. The van der Waals surface area contributed by atoms with Crippen molar-refractivity contribution in [3.8, 4) is 0 Å². The fourth-order valence-corrected chi connectivity index (χ4v) is 2.26. The van der Waals surface area contributed by atoms with Gasteiger partial charge >= 0.3 is 5.97 Å². The molecule has 0 amide bonds. The third kappa shape index (κ3) is 1.13. The molecule has 0 aromatic heterocycles. The second-order valence-electron chi connectivity index (χ2n) is 3.52. The molecule has 0 aromatic rings. The van der Waals surface area contributed by atoms with Crippen LogP contribution in [-0.4, -0.2) is 24.2 Å². The smallest absolute Gasteiger partial charge is 0.307 e. The molecule has 2 unspecified atom stereocenters. The summed E-state index contributed by atoms with van der Waals surface area (Å²) in [5.41, 5.74) is 0. The van der Waals surface area contributed by atoms with Crippen molar-refractivity contribution in [3.63, 3.8) is 0 Å². The first-order chi connectivity index (χ1) is 5.30. The number of aliphatic carboxylic acids is 1. The summed E-state index contributed by atoms with van der Waals surface area (Å²) < 4.78 is 0. The van der Waals surface area contributed by atoms with E-state index in [0.717, 1.165) is 25.9 Å². The molecule has 1 aliphatic heterocycles. The maximum Gasteiger partial charge on any atom is 0.307 e. The maximum atomic E-state index is 10.6. The molecule has 1 heterocycles. The Labute approximate surface area is 65.8 Å². The van der Waals surface area contributed by atoms with Crippen LogP contribution in [0.25, 0.3) is 0 Å². The van der Waals surface area contributed by atoms with E-state index in [9.17, 15) is 4.79 Å². The van der Waals surface area contributed by atoms with Crippen LogP contribution in [0.5, 0.6) is 0 Å². The van der Waals surface area contributed by atoms with E-state index in [1.807, 2.05) is 0 Å². The number of rotatable bonds is 1. The highest BCUT2D eigenvalue weighted by atomic mass is 16.4. The van der Waals surface area contributed by atoms with Crippen molar-refractivity contribution in [1.82, 2.24) is 5.32 Å². The number of carbonyl (C=O) groups is 1. The van der Waals surface area contributed by atoms with E-state index in [4.69, 9.17) is 5.11 Å². The molecule has 1 aliphatic carbocycles. The average Bonchev–Trinajstić information content (AvgIpc) is 2.57. The zero-order valence-corrected chi connectivity index (χ0v) is 6.42. The second-order valence-corrected chi connectivity index (χ2v) is 3.52. The summed E-state index contributed by atoms with van der Waals surface area (Å²) in [5, 5.41) is 12.0. The molecule has 11 heavy (non-hydrogen) atoms. The Morgan fingerprint density at radius 3 is 2.27 bits per heavy atom. The Bertz CT molecular complexity index is 169. The zero-order valence-electron chi connectivity index (χ0n) is 6.42. The van der Waals surface area contributed by atoms with Crippen LogP contribution in [-0.2, 0) is 4.79 Å². The van der Waals surface area contributed by atoms with Crippen LogP contribution >= 0.6 is 0 Å². The second kappa shape index (κ2) is 2.48. The molecule has 0 radical (unpaired) electrons. The van der Waals surface area contributed by atoms with Crippen LogP contribution in [0.4, 0.5) is 0 Å². The van der Waals surface area contributed by atoms with Gasteiger partial charge in [0, 0.05) is 0 Å². The Hall–Kier alpha value is -0.570. The van der Waals surface area contributed by atoms with E-state index in [0.29, 0.717) is 11.8 Å². The summed E-state index contributed by atoms with van der Waals surface area (Å²) >= 11 is 0. The minimum Gasteiger partial charge on any atom is -0.481 e. The van der Waals surface area contributed by atoms with Crippen LogP contribution in [0, 0.1) is 17.8 Å². The van der Waals surface area contributed by atoms with Crippen molar-refractivity contribution in [2.24, 2.45) is 17.8 Å². The van der Waals surface area contributed by atoms with E-state index in [1.54, 1.807) is 0 Å². The molecule has 3 nitrogen and oxygen atoms in total. The van der Waals surface area contributed by atoms with E-state index < -0.39 is 5.97 Å². The first-order valence-electron chi connectivity index (χ1n) is 4.24.